The maximum Gasteiger partial charge on any atom is 0.243 e. The predicted octanol–water partition coefficient (Wildman–Crippen LogP) is 2.43. The third-order valence-electron chi connectivity index (χ3n) is 3.14. The molecule has 0 aromatic heterocycles. The lowest BCUT2D eigenvalue weighted by molar-refractivity contribution is 0.346. The minimum absolute atomic E-state index is 0.334. The average molecular weight is 281 g/mol. The predicted molar refractivity (Wildman–Crippen MR) is 74.7 cm³/mol. The molecule has 0 radical (unpaired) electrons. The minimum Gasteiger partial charge on any atom is -0.490 e. The maximum atomic E-state index is 12.4. The van der Waals surface area contributed by atoms with Gasteiger partial charge in [-0.2, -0.15) is 4.31 Å². The highest BCUT2D eigenvalue weighted by molar-refractivity contribution is 7.89. The molecule has 1 aromatic rings. The van der Waals surface area contributed by atoms with Crippen molar-refractivity contribution in [2.75, 3.05) is 19.7 Å². The van der Waals surface area contributed by atoms with Crippen LogP contribution in [0.15, 0.2) is 41.8 Å². The van der Waals surface area contributed by atoms with Gasteiger partial charge in [0.15, 0.2) is 0 Å². The summed E-state index contributed by atoms with van der Waals surface area (Å²) in [5, 5.41) is 0. The van der Waals surface area contributed by atoms with E-state index in [1.54, 1.807) is 34.6 Å². The van der Waals surface area contributed by atoms with Crippen LogP contribution >= 0.6 is 0 Å². The van der Waals surface area contributed by atoms with Gasteiger partial charge in [-0.1, -0.05) is 19.1 Å². The van der Waals surface area contributed by atoms with Crippen molar-refractivity contribution in [3.63, 3.8) is 0 Å². The fraction of sp³-hybridized carbons (Fsp3) is 0.429. The molecule has 0 saturated carbocycles. The lowest BCUT2D eigenvalue weighted by Crippen LogP contribution is -2.35. The Morgan fingerprint density at radius 3 is 2.37 bits per heavy atom. The van der Waals surface area contributed by atoms with Crippen LogP contribution < -0.4 is 4.74 Å². The first kappa shape index (κ1) is 14.1. The zero-order valence-corrected chi connectivity index (χ0v) is 11.7. The van der Waals surface area contributed by atoms with Crippen LogP contribution in [0.5, 0.6) is 5.75 Å². The molecule has 1 aliphatic rings. The van der Waals surface area contributed by atoms with Gasteiger partial charge in [0.2, 0.25) is 10.0 Å². The fourth-order valence-electron chi connectivity index (χ4n) is 2.12. The summed E-state index contributed by atoms with van der Waals surface area (Å²) in [5.41, 5.74) is 0. The van der Waals surface area contributed by atoms with E-state index in [-0.39, 0.29) is 0 Å². The molecule has 1 heterocycles. The highest BCUT2D eigenvalue weighted by Gasteiger charge is 2.25. The first-order valence-corrected chi connectivity index (χ1v) is 7.92. The van der Waals surface area contributed by atoms with E-state index < -0.39 is 10.0 Å². The zero-order valence-electron chi connectivity index (χ0n) is 10.9. The van der Waals surface area contributed by atoms with Crippen molar-refractivity contribution in [3.8, 4) is 5.75 Å². The molecule has 1 aromatic carbocycles. The SMILES string of the molecule is C=CCOc1ccc(S(=O)(=O)N2CCCCC2)cc1. The summed E-state index contributed by atoms with van der Waals surface area (Å²) in [6.45, 7) is 5.23. The molecule has 1 aliphatic heterocycles. The molecule has 0 bridgehead atoms. The number of piperidine rings is 1. The molecule has 5 heteroatoms. The van der Waals surface area contributed by atoms with Gasteiger partial charge in [0.1, 0.15) is 12.4 Å². The Kier molecular flexibility index (Phi) is 4.61. The Morgan fingerprint density at radius 1 is 1.16 bits per heavy atom. The molecular weight excluding hydrogens is 262 g/mol. The van der Waals surface area contributed by atoms with Gasteiger partial charge < -0.3 is 4.74 Å². The number of ether oxygens (including phenoxy) is 1. The molecule has 19 heavy (non-hydrogen) atoms. The van der Waals surface area contributed by atoms with Gasteiger partial charge in [0.05, 0.1) is 4.90 Å². The van der Waals surface area contributed by atoms with Crippen LogP contribution in [-0.4, -0.2) is 32.4 Å². The summed E-state index contributed by atoms with van der Waals surface area (Å²) < 4.78 is 31.7. The summed E-state index contributed by atoms with van der Waals surface area (Å²) in [6, 6.07) is 6.56. The summed E-state index contributed by atoms with van der Waals surface area (Å²) in [4.78, 5) is 0.334. The molecule has 104 valence electrons. The van der Waals surface area contributed by atoms with Crippen molar-refractivity contribution >= 4 is 10.0 Å². The normalized spacial score (nSPS) is 17.1. The van der Waals surface area contributed by atoms with E-state index >= 15 is 0 Å². The second kappa shape index (κ2) is 6.21. The Bertz CT molecular complexity index is 516. The molecule has 1 fully saturated rings. The van der Waals surface area contributed by atoms with Gasteiger partial charge in [-0.25, -0.2) is 8.42 Å². The first-order chi connectivity index (χ1) is 9.14. The first-order valence-electron chi connectivity index (χ1n) is 6.48. The van der Waals surface area contributed by atoms with Crippen LogP contribution in [0, 0.1) is 0 Å². The monoisotopic (exact) mass is 281 g/mol. The maximum absolute atomic E-state index is 12.4. The van der Waals surface area contributed by atoms with Crippen LogP contribution in [0.4, 0.5) is 0 Å². The second-order valence-corrected chi connectivity index (χ2v) is 6.47. The number of sulfonamides is 1. The molecule has 0 spiro atoms. The quantitative estimate of drug-likeness (QED) is 0.779. The summed E-state index contributed by atoms with van der Waals surface area (Å²) in [7, 11) is -3.34. The highest BCUT2D eigenvalue weighted by atomic mass is 32.2. The van der Waals surface area contributed by atoms with E-state index in [0.29, 0.717) is 30.3 Å². The van der Waals surface area contributed by atoms with E-state index in [1.165, 1.54) is 0 Å². The molecule has 0 aliphatic carbocycles. The Morgan fingerprint density at radius 2 is 1.79 bits per heavy atom. The summed E-state index contributed by atoms with van der Waals surface area (Å²) >= 11 is 0. The Labute approximate surface area is 114 Å². The van der Waals surface area contributed by atoms with Crippen molar-refractivity contribution < 1.29 is 13.2 Å². The lowest BCUT2D eigenvalue weighted by Gasteiger charge is -2.25. The number of rotatable bonds is 5. The third kappa shape index (κ3) is 3.36. The third-order valence-corrected chi connectivity index (χ3v) is 5.06. The summed E-state index contributed by atoms with van der Waals surface area (Å²) in [6.07, 6.45) is 4.65. The average Bonchev–Trinajstić information content (AvgIpc) is 2.46. The van der Waals surface area contributed by atoms with Crippen LogP contribution in [0.1, 0.15) is 19.3 Å². The Hall–Kier alpha value is -1.33. The van der Waals surface area contributed by atoms with Crippen molar-refractivity contribution in [3.05, 3.63) is 36.9 Å². The fourth-order valence-corrected chi connectivity index (χ4v) is 3.63. The van der Waals surface area contributed by atoms with Crippen LogP contribution in [0.2, 0.25) is 0 Å². The van der Waals surface area contributed by atoms with Gasteiger partial charge in [-0.3, -0.25) is 0 Å². The van der Waals surface area contributed by atoms with Crippen molar-refractivity contribution in [1.82, 2.24) is 4.31 Å². The number of hydrogen-bond donors (Lipinski definition) is 0. The standard InChI is InChI=1S/C14H19NO3S/c1-2-12-18-13-6-8-14(9-7-13)19(16,17)15-10-4-3-5-11-15/h2,6-9H,1,3-5,10-12H2. The van der Waals surface area contributed by atoms with Gasteiger partial charge in [-0.15, -0.1) is 0 Å². The molecule has 0 unspecified atom stereocenters. The zero-order chi connectivity index (χ0) is 13.7. The molecule has 0 atom stereocenters. The minimum atomic E-state index is -3.34. The van der Waals surface area contributed by atoms with Crippen molar-refractivity contribution in [1.29, 1.82) is 0 Å². The second-order valence-electron chi connectivity index (χ2n) is 4.54. The van der Waals surface area contributed by atoms with Crippen molar-refractivity contribution in [2.45, 2.75) is 24.2 Å². The lowest BCUT2D eigenvalue weighted by atomic mass is 10.2. The van der Waals surface area contributed by atoms with E-state index in [1.807, 2.05) is 0 Å². The van der Waals surface area contributed by atoms with Gasteiger partial charge in [0.25, 0.3) is 0 Å². The number of hydrogen-bond acceptors (Lipinski definition) is 3. The molecular formula is C14H19NO3S. The highest BCUT2D eigenvalue weighted by Crippen LogP contribution is 2.22. The molecule has 0 amide bonds. The smallest absolute Gasteiger partial charge is 0.243 e. The van der Waals surface area contributed by atoms with Crippen molar-refractivity contribution in [2.24, 2.45) is 0 Å². The van der Waals surface area contributed by atoms with E-state index in [2.05, 4.69) is 6.58 Å². The molecule has 1 saturated heterocycles. The summed E-state index contributed by atoms with van der Waals surface area (Å²) in [5.74, 6) is 0.650. The van der Waals surface area contributed by atoms with Crippen LogP contribution in [0.25, 0.3) is 0 Å². The molecule has 0 N–H and O–H groups in total. The molecule has 4 nitrogen and oxygen atoms in total. The Balaban J connectivity index is 2.13. The molecule has 2 rings (SSSR count). The van der Waals surface area contributed by atoms with E-state index in [0.717, 1.165) is 19.3 Å². The van der Waals surface area contributed by atoms with E-state index in [4.69, 9.17) is 4.74 Å². The van der Waals surface area contributed by atoms with Gasteiger partial charge in [-0.05, 0) is 37.1 Å². The van der Waals surface area contributed by atoms with E-state index in [9.17, 15) is 8.42 Å². The number of benzene rings is 1. The van der Waals surface area contributed by atoms with Gasteiger partial charge in [0, 0.05) is 13.1 Å². The number of nitrogens with zero attached hydrogens (tertiary/aromatic N) is 1. The van der Waals surface area contributed by atoms with Gasteiger partial charge >= 0.3 is 0 Å². The van der Waals surface area contributed by atoms with Crippen LogP contribution in [-0.2, 0) is 10.0 Å². The topological polar surface area (TPSA) is 46.6 Å². The largest absolute Gasteiger partial charge is 0.490 e. The van der Waals surface area contributed by atoms with Crippen LogP contribution in [0.3, 0.4) is 0 Å².